The van der Waals surface area contributed by atoms with Gasteiger partial charge in [0.25, 0.3) is 5.78 Å². The molecule has 0 unspecified atom stereocenters. The Hall–Kier alpha value is -2.43. The van der Waals surface area contributed by atoms with Crippen LogP contribution in [0.4, 0.5) is 0 Å². The van der Waals surface area contributed by atoms with Gasteiger partial charge in [-0.1, -0.05) is 32.9 Å². The highest BCUT2D eigenvalue weighted by atomic mass is 16.5. The van der Waals surface area contributed by atoms with Gasteiger partial charge in [-0.3, -0.25) is 0 Å². The van der Waals surface area contributed by atoms with Crippen molar-refractivity contribution in [3.8, 4) is 5.75 Å². The van der Waals surface area contributed by atoms with Crippen LogP contribution in [0.15, 0.2) is 42.9 Å². The van der Waals surface area contributed by atoms with E-state index in [1.807, 2.05) is 25.1 Å². The normalized spacial score (nSPS) is 13.3. The Morgan fingerprint density at radius 2 is 1.77 bits per heavy atom. The first-order chi connectivity index (χ1) is 10.4. The third-order valence-electron chi connectivity index (χ3n) is 3.66. The molecule has 2 heterocycles. The van der Waals surface area contributed by atoms with Crippen LogP contribution in [0.2, 0.25) is 0 Å². The minimum Gasteiger partial charge on any atom is -0.484 e. The van der Waals surface area contributed by atoms with Gasteiger partial charge in [0.05, 0.1) is 5.69 Å². The Morgan fingerprint density at radius 3 is 2.45 bits per heavy atom. The predicted octanol–water partition coefficient (Wildman–Crippen LogP) is 3.56. The zero-order valence-corrected chi connectivity index (χ0v) is 13.3. The largest absolute Gasteiger partial charge is 0.484 e. The molecule has 0 fully saturated rings. The van der Waals surface area contributed by atoms with Gasteiger partial charge in [0.1, 0.15) is 18.2 Å². The summed E-state index contributed by atoms with van der Waals surface area (Å²) in [6.07, 6.45) is 3.08. The van der Waals surface area contributed by atoms with Gasteiger partial charge in [0, 0.05) is 6.20 Å². The number of aromatic nitrogens is 4. The smallest absolute Gasteiger partial charge is 0.252 e. The summed E-state index contributed by atoms with van der Waals surface area (Å²) in [6, 6.07) is 10.1. The molecule has 0 bridgehead atoms. The van der Waals surface area contributed by atoms with Crippen LogP contribution in [0, 0.1) is 0 Å². The van der Waals surface area contributed by atoms with Crippen molar-refractivity contribution < 1.29 is 4.74 Å². The van der Waals surface area contributed by atoms with E-state index in [1.54, 1.807) is 10.7 Å². The molecule has 2 aromatic heterocycles. The van der Waals surface area contributed by atoms with Crippen LogP contribution in [0.5, 0.6) is 5.75 Å². The number of nitrogens with zero attached hydrogens (tertiary/aromatic N) is 4. The molecular weight excluding hydrogens is 276 g/mol. The molecule has 0 saturated heterocycles. The minimum absolute atomic E-state index is 0.141. The van der Waals surface area contributed by atoms with Crippen molar-refractivity contribution in [1.29, 1.82) is 0 Å². The summed E-state index contributed by atoms with van der Waals surface area (Å²) >= 11 is 0. The highest BCUT2D eigenvalue weighted by Gasteiger charge is 2.15. The van der Waals surface area contributed by atoms with Crippen molar-refractivity contribution in [2.24, 2.45) is 0 Å². The van der Waals surface area contributed by atoms with Crippen molar-refractivity contribution in [1.82, 2.24) is 19.6 Å². The third-order valence-corrected chi connectivity index (χ3v) is 3.66. The van der Waals surface area contributed by atoms with Gasteiger partial charge in [0.15, 0.2) is 0 Å². The molecule has 0 aliphatic rings. The molecule has 114 valence electrons. The number of hydrogen-bond acceptors (Lipinski definition) is 4. The van der Waals surface area contributed by atoms with Crippen LogP contribution < -0.4 is 4.74 Å². The van der Waals surface area contributed by atoms with Gasteiger partial charge in [-0.15, -0.1) is 0 Å². The summed E-state index contributed by atoms with van der Waals surface area (Å²) in [7, 11) is 0. The van der Waals surface area contributed by atoms with Crippen molar-refractivity contribution in [2.45, 2.75) is 39.2 Å². The second-order valence-electron chi connectivity index (χ2n) is 6.38. The lowest BCUT2D eigenvalue weighted by Gasteiger charge is -2.20. The highest BCUT2D eigenvalue weighted by Crippen LogP contribution is 2.26. The molecule has 1 atom stereocenters. The molecule has 5 nitrogen and oxygen atoms in total. The molecule has 0 aliphatic carbocycles. The Morgan fingerprint density at radius 1 is 1.05 bits per heavy atom. The molecular formula is C17H20N4O. The molecule has 22 heavy (non-hydrogen) atoms. The molecule has 0 spiro atoms. The maximum absolute atomic E-state index is 6.03. The van der Waals surface area contributed by atoms with Crippen LogP contribution >= 0.6 is 0 Å². The summed E-state index contributed by atoms with van der Waals surface area (Å²) in [6.45, 7) is 8.59. The van der Waals surface area contributed by atoms with E-state index in [4.69, 9.17) is 4.74 Å². The van der Waals surface area contributed by atoms with Gasteiger partial charge >= 0.3 is 0 Å². The fourth-order valence-corrected chi connectivity index (χ4v) is 2.36. The number of rotatable bonds is 3. The second-order valence-corrected chi connectivity index (χ2v) is 6.38. The van der Waals surface area contributed by atoms with Crippen molar-refractivity contribution in [3.63, 3.8) is 0 Å². The highest BCUT2D eigenvalue weighted by molar-refractivity contribution is 5.32. The summed E-state index contributed by atoms with van der Waals surface area (Å²) < 4.78 is 7.73. The fraction of sp³-hybridized carbons (Fsp3) is 0.353. The van der Waals surface area contributed by atoms with Crippen molar-refractivity contribution in [3.05, 3.63) is 54.1 Å². The van der Waals surface area contributed by atoms with E-state index < -0.39 is 0 Å². The second kappa shape index (κ2) is 5.40. The molecule has 1 aromatic carbocycles. The number of fused-ring (bicyclic) bond motifs is 1. The molecule has 3 rings (SSSR count). The van der Waals surface area contributed by atoms with Crippen LogP contribution in [0.25, 0.3) is 5.78 Å². The van der Waals surface area contributed by atoms with Gasteiger partial charge in [-0.05, 0) is 36.1 Å². The Balaban J connectivity index is 1.82. The standard InChI is InChI=1S/C17H20N4O/c1-12(15-9-10-18-16-19-11-20-21(15)16)22-14-7-5-13(6-8-14)17(2,3)4/h5-12H,1-4H3/t12-/m0/s1. The first-order valence-electron chi connectivity index (χ1n) is 7.37. The molecule has 0 saturated carbocycles. The van der Waals surface area contributed by atoms with Gasteiger partial charge < -0.3 is 4.74 Å². The van der Waals surface area contributed by atoms with Gasteiger partial charge in [-0.25, -0.2) is 4.98 Å². The van der Waals surface area contributed by atoms with Gasteiger partial charge in [0.2, 0.25) is 0 Å². The molecule has 0 radical (unpaired) electrons. The summed E-state index contributed by atoms with van der Waals surface area (Å²) in [4.78, 5) is 8.26. The topological polar surface area (TPSA) is 52.3 Å². The van der Waals surface area contributed by atoms with E-state index >= 15 is 0 Å². The number of benzene rings is 1. The van der Waals surface area contributed by atoms with Crippen molar-refractivity contribution >= 4 is 5.78 Å². The Labute approximate surface area is 130 Å². The summed E-state index contributed by atoms with van der Waals surface area (Å²) in [5, 5.41) is 4.19. The fourth-order valence-electron chi connectivity index (χ4n) is 2.36. The maximum Gasteiger partial charge on any atom is 0.252 e. The molecule has 5 heteroatoms. The molecule has 0 aliphatic heterocycles. The number of hydrogen-bond donors (Lipinski definition) is 0. The van der Waals surface area contributed by atoms with Gasteiger partial charge in [-0.2, -0.15) is 14.6 Å². The van der Waals surface area contributed by atoms with Crippen LogP contribution in [0.1, 0.15) is 45.1 Å². The SMILES string of the molecule is C[C@H](Oc1ccc(C(C)(C)C)cc1)c1ccnc2ncnn12. The van der Waals surface area contributed by atoms with E-state index in [0.29, 0.717) is 5.78 Å². The maximum atomic E-state index is 6.03. The lowest BCUT2D eigenvalue weighted by atomic mass is 9.87. The number of ether oxygens (including phenoxy) is 1. The zero-order chi connectivity index (χ0) is 15.7. The first-order valence-corrected chi connectivity index (χ1v) is 7.37. The summed E-state index contributed by atoms with van der Waals surface area (Å²) in [5.41, 5.74) is 2.35. The minimum atomic E-state index is -0.146. The van der Waals surface area contributed by atoms with Crippen LogP contribution in [-0.4, -0.2) is 19.6 Å². The lowest BCUT2D eigenvalue weighted by Crippen LogP contribution is -2.12. The Bertz CT molecular complexity index is 771. The van der Waals surface area contributed by atoms with E-state index in [1.165, 1.54) is 11.9 Å². The lowest BCUT2D eigenvalue weighted by molar-refractivity contribution is 0.218. The first kappa shape index (κ1) is 14.5. The predicted molar refractivity (Wildman–Crippen MR) is 85.0 cm³/mol. The third kappa shape index (κ3) is 2.79. The Kier molecular flexibility index (Phi) is 3.56. The molecule has 0 N–H and O–H groups in total. The van der Waals surface area contributed by atoms with Crippen LogP contribution in [-0.2, 0) is 5.41 Å². The van der Waals surface area contributed by atoms with E-state index in [9.17, 15) is 0 Å². The monoisotopic (exact) mass is 296 g/mol. The van der Waals surface area contributed by atoms with E-state index in [2.05, 4.69) is 48.0 Å². The average Bonchev–Trinajstić information content (AvgIpc) is 2.95. The van der Waals surface area contributed by atoms with Crippen LogP contribution in [0.3, 0.4) is 0 Å². The average molecular weight is 296 g/mol. The van der Waals surface area contributed by atoms with Crippen molar-refractivity contribution in [2.75, 3.05) is 0 Å². The molecule has 0 amide bonds. The van der Waals surface area contributed by atoms with E-state index in [-0.39, 0.29) is 11.5 Å². The zero-order valence-electron chi connectivity index (χ0n) is 13.3. The van der Waals surface area contributed by atoms with E-state index in [0.717, 1.165) is 11.4 Å². The quantitative estimate of drug-likeness (QED) is 0.741. The molecule has 3 aromatic rings. The summed E-state index contributed by atoms with van der Waals surface area (Å²) in [5.74, 6) is 1.42.